The molecule has 0 radical (unpaired) electrons. The van der Waals surface area contributed by atoms with Crippen molar-refractivity contribution in [3.8, 4) is 17.2 Å². The number of para-hydroxylation sites is 1. The van der Waals surface area contributed by atoms with E-state index in [1.165, 1.54) is 0 Å². The van der Waals surface area contributed by atoms with Crippen LogP contribution in [0.5, 0.6) is 17.2 Å². The van der Waals surface area contributed by atoms with Crippen molar-refractivity contribution in [3.05, 3.63) is 65.0 Å². The van der Waals surface area contributed by atoms with Gasteiger partial charge >= 0.3 is 0 Å². The van der Waals surface area contributed by atoms with E-state index in [-0.39, 0.29) is 5.91 Å². The van der Waals surface area contributed by atoms with Gasteiger partial charge in [0.1, 0.15) is 0 Å². The van der Waals surface area contributed by atoms with E-state index in [1.54, 1.807) is 12.1 Å². The molecule has 0 aliphatic heterocycles. The molecule has 36 heavy (non-hydrogen) atoms. The van der Waals surface area contributed by atoms with Gasteiger partial charge in [0.25, 0.3) is 5.91 Å². The van der Waals surface area contributed by atoms with E-state index in [2.05, 4.69) is 20.7 Å². The van der Waals surface area contributed by atoms with Crippen molar-refractivity contribution < 1.29 is 19.0 Å². The molecule has 3 rings (SSSR count). The van der Waals surface area contributed by atoms with Gasteiger partial charge in [-0.15, -0.1) is 0 Å². The molecule has 2 aromatic carbocycles. The molecule has 0 spiro atoms. The third kappa shape index (κ3) is 6.56. The maximum atomic E-state index is 13.4. The maximum absolute atomic E-state index is 13.4. The second-order valence-corrected chi connectivity index (χ2v) is 7.98. The number of aromatic nitrogens is 2. The number of benzene rings is 2. The molecule has 1 heterocycles. The first-order valence-corrected chi connectivity index (χ1v) is 12.1. The van der Waals surface area contributed by atoms with E-state index in [1.807, 2.05) is 76.7 Å². The van der Waals surface area contributed by atoms with Crippen LogP contribution < -0.4 is 24.8 Å². The van der Waals surface area contributed by atoms with Gasteiger partial charge in [-0.05, 0) is 58.9 Å². The van der Waals surface area contributed by atoms with Gasteiger partial charge in [0.05, 0.1) is 32.1 Å². The van der Waals surface area contributed by atoms with Gasteiger partial charge in [-0.1, -0.05) is 18.2 Å². The molecule has 3 aromatic rings. The predicted molar refractivity (Wildman–Crippen MR) is 141 cm³/mol. The molecule has 0 fully saturated rings. The summed E-state index contributed by atoms with van der Waals surface area (Å²) in [5, 5.41) is 10.6. The van der Waals surface area contributed by atoms with Crippen LogP contribution in [0.3, 0.4) is 0 Å². The smallest absolute Gasteiger partial charge is 0.258 e. The van der Waals surface area contributed by atoms with Crippen molar-refractivity contribution >= 4 is 17.6 Å². The highest BCUT2D eigenvalue weighted by molar-refractivity contribution is 6.10. The van der Waals surface area contributed by atoms with Crippen molar-refractivity contribution in [2.24, 2.45) is 12.0 Å². The Bertz CT molecular complexity index is 1180. The minimum Gasteiger partial charge on any atom is -0.490 e. The van der Waals surface area contributed by atoms with Gasteiger partial charge in [0.2, 0.25) is 11.7 Å². The van der Waals surface area contributed by atoms with Crippen LogP contribution in [0.4, 0.5) is 5.69 Å². The lowest BCUT2D eigenvalue weighted by atomic mass is 10.1. The number of amides is 1. The third-order valence-corrected chi connectivity index (χ3v) is 5.49. The van der Waals surface area contributed by atoms with Crippen molar-refractivity contribution in [1.82, 2.24) is 15.1 Å². The number of hydrogen-bond acceptors (Lipinski definition) is 6. The minimum atomic E-state index is -0.359. The predicted octanol–water partition coefficient (Wildman–Crippen LogP) is 4.63. The van der Waals surface area contributed by atoms with Gasteiger partial charge < -0.3 is 19.5 Å². The van der Waals surface area contributed by atoms with E-state index in [4.69, 9.17) is 14.2 Å². The number of rotatable bonds is 10. The average Bonchev–Trinajstić information content (AvgIpc) is 3.10. The Morgan fingerprint density at radius 3 is 2.11 bits per heavy atom. The SMILES string of the molecule is CCOc1cc(C(=O)NC(=NCc2c(C)nn(C)c2C)Nc2ccccc2)cc(OCC)c1OCC. The van der Waals surface area contributed by atoms with Crippen LogP contribution in [0, 0.1) is 13.8 Å². The van der Waals surface area contributed by atoms with Gasteiger partial charge in [0, 0.05) is 29.6 Å². The van der Waals surface area contributed by atoms with Crippen molar-refractivity contribution in [2.75, 3.05) is 25.1 Å². The van der Waals surface area contributed by atoms with E-state index in [0.29, 0.717) is 55.1 Å². The normalized spacial score (nSPS) is 11.2. The maximum Gasteiger partial charge on any atom is 0.258 e. The van der Waals surface area contributed by atoms with Gasteiger partial charge in [-0.2, -0.15) is 5.10 Å². The van der Waals surface area contributed by atoms with Crippen molar-refractivity contribution in [3.63, 3.8) is 0 Å². The first-order chi connectivity index (χ1) is 17.4. The zero-order valence-electron chi connectivity index (χ0n) is 21.8. The molecule has 192 valence electrons. The highest BCUT2D eigenvalue weighted by Crippen LogP contribution is 2.39. The molecule has 0 atom stereocenters. The largest absolute Gasteiger partial charge is 0.490 e. The number of nitrogens with one attached hydrogen (secondary N) is 2. The number of guanidine groups is 1. The summed E-state index contributed by atoms with van der Waals surface area (Å²) in [7, 11) is 1.90. The standard InChI is InChI=1S/C27H35N5O4/c1-7-34-23-15-20(16-24(35-8-2)25(23)36-9-3)26(33)30-27(29-21-13-11-10-12-14-21)28-17-22-18(4)31-32(6)19(22)5/h10-16H,7-9,17H2,1-6H3,(H2,28,29,30,33). The average molecular weight is 494 g/mol. The summed E-state index contributed by atoms with van der Waals surface area (Å²) in [6.45, 7) is 11.2. The molecule has 9 heteroatoms. The number of carbonyl (C=O) groups is 1. The number of aryl methyl sites for hydroxylation is 2. The van der Waals surface area contributed by atoms with Crippen LogP contribution in [0.15, 0.2) is 47.5 Å². The number of anilines is 1. The quantitative estimate of drug-likeness (QED) is 0.316. The summed E-state index contributed by atoms with van der Waals surface area (Å²) < 4.78 is 19.1. The Balaban J connectivity index is 1.94. The molecule has 0 saturated carbocycles. The van der Waals surface area contributed by atoms with Crippen LogP contribution in [-0.4, -0.2) is 41.5 Å². The second-order valence-electron chi connectivity index (χ2n) is 7.98. The lowest BCUT2D eigenvalue weighted by Crippen LogP contribution is -2.36. The Hall–Kier alpha value is -4.01. The highest BCUT2D eigenvalue weighted by atomic mass is 16.5. The molecule has 9 nitrogen and oxygen atoms in total. The molecular weight excluding hydrogens is 458 g/mol. The van der Waals surface area contributed by atoms with Crippen LogP contribution in [-0.2, 0) is 13.6 Å². The Morgan fingerprint density at radius 2 is 1.58 bits per heavy atom. The lowest BCUT2D eigenvalue weighted by Gasteiger charge is -2.17. The first-order valence-electron chi connectivity index (χ1n) is 12.1. The lowest BCUT2D eigenvalue weighted by molar-refractivity contribution is 0.0975. The summed E-state index contributed by atoms with van der Waals surface area (Å²) in [6, 6.07) is 12.9. The van der Waals surface area contributed by atoms with Gasteiger partial charge in [0.15, 0.2) is 11.5 Å². The first kappa shape index (κ1) is 26.6. The minimum absolute atomic E-state index is 0.318. The second kappa shape index (κ2) is 12.6. The molecule has 1 amide bonds. The summed E-state index contributed by atoms with van der Waals surface area (Å²) in [5.41, 5.74) is 4.10. The number of carbonyl (C=O) groups excluding carboxylic acids is 1. The number of hydrogen-bond donors (Lipinski definition) is 2. The molecule has 0 saturated heterocycles. The molecule has 2 N–H and O–H groups in total. The van der Waals surface area contributed by atoms with Crippen molar-refractivity contribution in [2.45, 2.75) is 41.2 Å². The Labute approximate surface area is 212 Å². The monoisotopic (exact) mass is 493 g/mol. The van der Waals surface area contributed by atoms with Crippen molar-refractivity contribution in [1.29, 1.82) is 0 Å². The molecule has 0 unspecified atom stereocenters. The fourth-order valence-corrected chi connectivity index (χ4v) is 3.67. The molecule has 0 aliphatic rings. The van der Waals surface area contributed by atoms with E-state index < -0.39 is 0 Å². The van der Waals surface area contributed by atoms with Crippen LogP contribution >= 0.6 is 0 Å². The molecular formula is C27H35N5O4. The summed E-state index contributed by atoms with van der Waals surface area (Å²) in [4.78, 5) is 18.1. The topological polar surface area (TPSA) is 99.0 Å². The molecule has 0 aliphatic carbocycles. The fourth-order valence-electron chi connectivity index (χ4n) is 3.67. The zero-order chi connectivity index (χ0) is 26.1. The van der Waals surface area contributed by atoms with Gasteiger partial charge in [-0.3, -0.25) is 14.8 Å². The molecule has 1 aromatic heterocycles. The molecule has 0 bridgehead atoms. The summed E-state index contributed by atoms with van der Waals surface area (Å²) in [5.74, 6) is 1.34. The Morgan fingerprint density at radius 1 is 0.972 bits per heavy atom. The summed E-state index contributed by atoms with van der Waals surface area (Å²) >= 11 is 0. The number of nitrogens with zero attached hydrogens (tertiary/aromatic N) is 3. The third-order valence-electron chi connectivity index (χ3n) is 5.49. The van der Waals surface area contributed by atoms with Crippen LogP contribution in [0.25, 0.3) is 0 Å². The highest BCUT2D eigenvalue weighted by Gasteiger charge is 2.19. The number of ether oxygens (including phenoxy) is 3. The van der Waals surface area contributed by atoms with E-state index >= 15 is 0 Å². The van der Waals surface area contributed by atoms with Crippen LogP contribution in [0.1, 0.15) is 48.1 Å². The number of aliphatic imine (C=N–C) groups is 1. The zero-order valence-corrected chi connectivity index (χ0v) is 21.8. The fraction of sp³-hybridized carbons (Fsp3) is 0.370. The van der Waals surface area contributed by atoms with E-state index in [9.17, 15) is 4.79 Å². The van der Waals surface area contributed by atoms with Crippen LogP contribution in [0.2, 0.25) is 0 Å². The summed E-state index contributed by atoms with van der Waals surface area (Å²) in [6.07, 6.45) is 0. The Kier molecular flexibility index (Phi) is 9.32. The van der Waals surface area contributed by atoms with E-state index in [0.717, 1.165) is 22.6 Å². The van der Waals surface area contributed by atoms with Gasteiger partial charge in [-0.25, -0.2) is 4.99 Å².